The molecule has 3 heteroatoms. The molecule has 0 saturated carbocycles. The summed E-state index contributed by atoms with van der Waals surface area (Å²) >= 11 is 0. The molecule has 2 rings (SSSR count). The van der Waals surface area contributed by atoms with Crippen LogP contribution < -0.4 is 0 Å². The van der Waals surface area contributed by atoms with E-state index < -0.39 is 0 Å². The second-order valence-corrected chi connectivity index (χ2v) is 2.96. The van der Waals surface area contributed by atoms with Crippen LogP contribution in [0.4, 0.5) is 0 Å². The Kier molecular flexibility index (Phi) is 1.75. The molecule has 2 aromatic rings. The summed E-state index contributed by atoms with van der Waals surface area (Å²) in [6.45, 7) is 1.97. The van der Waals surface area contributed by atoms with Gasteiger partial charge < -0.3 is 4.98 Å². The highest BCUT2D eigenvalue weighted by molar-refractivity contribution is 5.81. The summed E-state index contributed by atoms with van der Waals surface area (Å²) in [6, 6.07) is 6.03. The summed E-state index contributed by atoms with van der Waals surface area (Å²) in [6.07, 6.45) is 2.19. The number of hydrogen-bond donors (Lipinski definition) is 1. The van der Waals surface area contributed by atoms with E-state index in [4.69, 9.17) is 5.26 Å². The number of hydrogen-bond acceptors (Lipinski definition) is 2. The highest BCUT2D eigenvalue weighted by atomic mass is 14.9. The number of nitrogens with one attached hydrogen (secondary N) is 1. The van der Waals surface area contributed by atoms with Crippen molar-refractivity contribution in [3.63, 3.8) is 0 Å². The van der Waals surface area contributed by atoms with Crippen molar-refractivity contribution in [2.45, 2.75) is 13.3 Å². The first-order valence-corrected chi connectivity index (χ1v) is 4.12. The zero-order chi connectivity index (χ0) is 9.26. The molecule has 0 saturated heterocycles. The first kappa shape index (κ1) is 7.81. The number of aromatic nitrogens is 2. The molecule has 0 spiro atoms. The van der Waals surface area contributed by atoms with Crippen molar-refractivity contribution in [1.82, 2.24) is 9.97 Å². The third-order valence-electron chi connectivity index (χ3n) is 2.15. The second-order valence-electron chi connectivity index (χ2n) is 2.96. The van der Waals surface area contributed by atoms with Gasteiger partial charge in [-0.25, -0.2) is 4.98 Å². The van der Waals surface area contributed by atoms with Crippen molar-refractivity contribution in [2.75, 3.05) is 0 Å². The topological polar surface area (TPSA) is 52.5 Å². The lowest BCUT2D eigenvalue weighted by atomic mass is 10.1. The molecule has 64 valence electrons. The van der Waals surface area contributed by atoms with Crippen molar-refractivity contribution in [3.8, 4) is 6.07 Å². The zero-order valence-electron chi connectivity index (χ0n) is 7.33. The number of fused-ring (bicyclic) bond motifs is 1. The molecule has 3 nitrogen and oxygen atoms in total. The van der Waals surface area contributed by atoms with Crippen molar-refractivity contribution >= 4 is 11.0 Å². The number of nitriles is 1. The van der Waals surface area contributed by atoms with Crippen LogP contribution in [-0.4, -0.2) is 9.97 Å². The molecule has 1 N–H and O–H groups in total. The first-order chi connectivity index (χ1) is 6.33. The van der Waals surface area contributed by atoms with E-state index in [9.17, 15) is 0 Å². The molecule has 0 aliphatic carbocycles. The molecular formula is C10H9N3. The number of aryl methyl sites for hydroxylation is 1. The van der Waals surface area contributed by atoms with Crippen molar-refractivity contribution in [1.29, 1.82) is 5.26 Å². The van der Waals surface area contributed by atoms with E-state index in [1.165, 1.54) is 0 Å². The van der Waals surface area contributed by atoms with E-state index in [1.807, 2.05) is 19.1 Å². The Labute approximate surface area is 76.0 Å². The van der Waals surface area contributed by atoms with Gasteiger partial charge in [0, 0.05) is 17.3 Å². The van der Waals surface area contributed by atoms with Crippen LogP contribution in [0.15, 0.2) is 18.3 Å². The Morgan fingerprint density at radius 3 is 3.23 bits per heavy atom. The average Bonchev–Trinajstić information content (AvgIpc) is 2.44. The number of nitrogens with zero attached hydrogens (tertiary/aromatic N) is 2. The molecule has 0 radical (unpaired) electrons. The first-order valence-electron chi connectivity index (χ1n) is 4.12. The molecule has 0 bridgehead atoms. The maximum Gasteiger partial charge on any atom is 0.137 e. The smallest absolute Gasteiger partial charge is 0.137 e. The van der Waals surface area contributed by atoms with Crippen LogP contribution in [0.5, 0.6) is 0 Å². The van der Waals surface area contributed by atoms with Gasteiger partial charge >= 0.3 is 0 Å². The number of pyridine rings is 1. The zero-order valence-corrected chi connectivity index (χ0v) is 7.33. The normalized spacial score (nSPS) is 10.2. The van der Waals surface area contributed by atoms with Crippen molar-refractivity contribution < 1.29 is 0 Å². The van der Waals surface area contributed by atoms with Gasteiger partial charge in [0.1, 0.15) is 5.65 Å². The molecule has 0 amide bonds. The summed E-state index contributed by atoms with van der Waals surface area (Å²) in [4.78, 5) is 7.33. The summed E-state index contributed by atoms with van der Waals surface area (Å²) in [5.74, 6) is 0. The standard InChI is InChI=1S/C10H9N3/c1-7-8(4-5-11)9-3-2-6-12-10(9)13-7/h2-3,6H,4H2,1H3,(H,12,13). The van der Waals surface area contributed by atoms with E-state index in [1.54, 1.807) is 6.20 Å². The van der Waals surface area contributed by atoms with Gasteiger partial charge in [0.15, 0.2) is 0 Å². The maximum absolute atomic E-state index is 8.64. The third kappa shape index (κ3) is 1.17. The van der Waals surface area contributed by atoms with E-state index in [0.717, 1.165) is 22.3 Å². The highest BCUT2D eigenvalue weighted by Crippen LogP contribution is 2.19. The number of rotatable bonds is 1. The lowest BCUT2D eigenvalue weighted by Gasteiger charge is -1.91. The van der Waals surface area contributed by atoms with Crippen LogP contribution in [0.3, 0.4) is 0 Å². The number of aromatic amines is 1. The fourth-order valence-electron chi connectivity index (χ4n) is 1.51. The Balaban J connectivity index is 2.73. The van der Waals surface area contributed by atoms with E-state index >= 15 is 0 Å². The summed E-state index contributed by atoms with van der Waals surface area (Å²) < 4.78 is 0. The van der Waals surface area contributed by atoms with E-state index in [-0.39, 0.29) is 0 Å². The minimum absolute atomic E-state index is 0.442. The quantitative estimate of drug-likeness (QED) is 0.712. The molecule has 0 unspecified atom stereocenters. The largest absolute Gasteiger partial charge is 0.343 e. The molecular weight excluding hydrogens is 162 g/mol. The highest BCUT2D eigenvalue weighted by Gasteiger charge is 2.06. The van der Waals surface area contributed by atoms with Crippen LogP contribution >= 0.6 is 0 Å². The molecule has 0 aromatic carbocycles. The third-order valence-corrected chi connectivity index (χ3v) is 2.15. The van der Waals surface area contributed by atoms with Gasteiger partial charge in [0.25, 0.3) is 0 Å². The lowest BCUT2D eigenvalue weighted by molar-refractivity contribution is 1.18. The van der Waals surface area contributed by atoms with Gasteiger partial charge in [0.05, 0.1) is 12.5 Å². The predicted octanol–water partition coefficient (Wildman–Crippen LogP) is 1.94. The Bertz CT molecular complexity index is 476. The van der Waals surface area contributed by atoms with E-state index in [0.29, 0.717) is 6.42 Å². The molecule has 0 atom stereocenters. The van der Waals surface area contributed by atoms with Crippen LogP contribution in [0.2, 0.25) is 0 Å². The van der Waals surface area contributed by atoms with Crippen LogP contribution in [-0.2, 0) is 6.42 Å². The molecule has 13 heavy (non-hydrogen) atoms. The summed E-state index contributed by atoms with van der Waals surface area (Å²) in [5.41, 5.74) is 2.96. The fourth-order valence-corrected chi connectivity index (χ4v) is 1.51. The summed E-state index contributed by atoms with van der Waals surface area (Å²) in [7, 11) is 0. The van der Waals surface area contributed by atoms with Gasteiger partial charge in [-0.05, 0) is 24.6 Å². The maximum atomic E-state index is 8.64. The Morgan fingerprint density at radius 2 is 2.46 bits per heavy atom. The minimum Gasteiger partial charge on any atom is -0.343 e. The monoisotopic (exact) mass is 171 g/mol. The van der Waals surface area contributed by atoms with Crippen molar-refractivity contribution in [3.05, 3.63) is 29.6 Å². The Morgan fingerprint density at radius 1 is 1.62 bits per heavy atom. The van der Waals surface area contributed by atoms with Gasteiger partial charge in [-0.3, -0.25) is 0 Å². The molecule has 0 aliphatic rings. The van der Waals surface area contributed by atoms with Gasteiger partial charge in [-0.15, -0.1) is 0 Å². The fraction of sp³-hybridized carbons (Fsp3) is 0.200. The van der Waals surface area contributed by atoms with Crippen LogP contribution in [0.1, 0.15) is 11.3 Å². The average molecular weight is 171 g/mol. The molecule has 2 aromatic heterocycles. The molecule has 0 aliphatic heterocycles. The number of H-pyrrole nitrogens is 1. The van der Waals surface area contributed by atoms with Gasteiger partial charge in [0.2, 0.25) is 0 Å². The second kappa shape index (κ2) is 2.91. The predicted molar refractivity (Wildman–Crippen MR) is 50.1 cm³/mol. The minimum atomic E-state index is 0.442. The SMILES string of the molecule is Cc1[nH]c2ncccc2c1CC#N. The van der Waals surface area contributed by atoms with Gasteiger partial charge in [-0.1, -0.05) is 0 Å². The van der Waals surface area contributed by atoms with Crippen LogP contribution in [0, 0.1) is 18.3 Å². The van der Waals surface area contributed by atoms with Gasteiger partial charge in [-0.2, -0.15) is 5.26 Å². The van der Waals surface area contributed by atoms with Crippen molar-refractivity contribution in [2.24, 2.45) is 0 Å². The Hall–Kier alpha value is -1.82. The summed E-state index contributed by atoms with van der Waals surface area (Å²) in [5, 5.41) is 9.69. The van der Waals surface area contributed by atoms with E-state index in [2.05, 4.69) is 16.0 Å². The lowest BCUT2D eigenvalue weighted by Crippen LogP contribution is -1.82. The molecule has 2 heterocycles. The van der Waals surface area contributed by atoms with Crippen LogP contribution in [0.25, 0.3) is 11.0 Å². The molecule has 0 fully saturated rings.